The third-order valence-corrected chi connectivity index (χ3v) is 2.08. The number of imide groups is 1. The molecule has 0 aliphatic rings. The average Bonchev–Trinajstić information content (AvgIpc) is 2.30. The Hall–Kier alpha value is -2.24. The molecule has 0 aliphatic carbocycles. The van der Waals surface area contributed by atoms with Gasteiger partial charge >= 0.3 is 6.03 Å². The summed E-state index contributed by atoms with van der Waals surface area (Å²) in [6.07, 6.45) is 3.80. The summed E-state index contributed by atoms with van der Waals surface area (Å²) in [6.45, 7) is 3.10. The Balaban J connectivity index is 3.09. The molecule has 1 aromatic heterocycles. The van der Waals surface area contributed by atoms with E-state index in [1.54, 1.807) is 24.5 Å². The van der Waals surface area contributed by atoms with E-state index in [0.717, 1.165) is 5.56 Å². The normalized spacial score (nSPS) is 11.1. The summed E-state index contributed by atoms with van der Waals surface area (Å²) in [6, 6.07) is 2.61. The Morgan fingerprint density at radius 2 is 2.00 bits per heavy atom. The van der Waals surface area contributed by atoms with Crippen molar-refractivity contribution in [1.29, 1.82) is 0 Å². The van der Waals surface area contributed by atoms with Crippen LogP contribution in [0.5, 0.6) is 0 Å². The summed E-state index contributed by atoms with van der Waals surface area (Å²) in [5.74, 6) is -0.516. The Bertz CT molecular complexity index is 428. The third-order valence-electron chi connectivity index (χ3n) is 2.08. The van der Waals surface area contributed by atoms with Crippen molar-refractivity contribution in [2.45, 2.75) is 20.3 Å². The third kappa shape index (κ3) is 3.37. The maximum Gasteiger partial charge on any atom is 0.342 e. The van der Waals surface area contributed by atoms with Gasteiger partial charge in [0.05, 0.1) is 5.71 Å². The SMILES string of the molecule is CCC(=NN(C(C)=O)C(N)=O)c1ccncc1. The van der Waals surface area contributed by atoms with E-state index in [0.29, 0.717) is 17.1 Å². The lowest BCUT2D eigenvalue weighted by Crippen LogP contribution is -2.36. The number of hydrazone groups is 1. The van der Waals surface area contributed by atoms with Gasteiger partial charge in [0.2, 0.25) is 5.91 Å². The smallest absolute Gasteiger partial charge is 0.342 e. The van der Waals surface area contributed by atoms with E-state index < -0.39 is 11.9 Å². The highest BCUT2D eigenvalue weighted by Gasteiger charge is 2.14. The molecule has 0 radical (unpaired) electrons. The van der Waals surface area contributed by atoms with E-state index in [4.69, 9.17) is 5.73 Å². The van der Waals surface area contributed by atoms with Crippen LogP contribution in [0.1, 0.15) is 25.8 Å². The van der Waals surface area contributed by atoms with Crippen molar-refractivity contribution in [3.8, 4) is 0 Å². The van der Waals surface area contributed by atoms with Gasteiger partial charge in [0, 0.05) is 24.9 Å². The van der Waals surface area contributed by atoms with Crippen molar-refractivity contribution < 1.29 is 9.59 Å². The van der Waals surface area contributed by atoms with Gasteiger partial charge in [0.15, 0.2) is 0 Å². The molecule has 0 bridgehead atoms. The van der Waals surface area contributed by atoms with Gasteiger partial charge in [0.1, 0.15) is 0 Å². The van der Waals surface area contributed by atoms with E-state index in [-0.39, 0.29) is 0 Å². The van der Waals surface area contributed by atoms with Gasteiger partial charge in [-0.25, -0.2) is 4.79 Å². The molecule has 6 nitrogen and oxygen atoms in total. The Kier molecular flexibility index (Phi) is 4.33. The first-order valence-electron chi connectivity index (χ1n) is 5.14. The molecule has 6 heteroatoms. The summed E-state index contributed by atoms with van der Waals surface area (Å²) in [4.78, 5) is 26.1. The molecule has 90 valence electrons. The highest BCUT2D eigenvalue weighted by Crippen LogP contribution is 2.05. The number of urea groups is 1. The van der Waals surface area contributed by atoms with Crippen molar-refractivity contribution in [2.75, 3.05) is 0 Å². The highest BCUT2D eigenvalue weighted by atomic mass is 16.2. The van der Waals surface area contributed by atoms with Gasteiger partial charge in [-0.2, -0.15) is 5.10 Å². The minimum atomic E-state index is -0.891. The first kappa shape index (κ1) is 12.8. The molecule has 0 spiro atoms. The average molecular weight is 234 g/mol. The Labute approximate surface area is 99.1 Å². The zero-order valence-electron chi connectivity index (χ0n) is 9.75. The van der Waals surface area contributed by atoms with Crippen molar-refractivity contribution in [3.05, 3.63) is 30.1 Å². The van der Waals surface area contributed by atoms with Gasteiger partial charge < -0.3 is 5.73 Å². The van der Waals surface area contributed by atoms with E-state index in [2.05, 4.69) is 10.1 Å². The Morgan fingerprint density at radius 1 is 1.41 bits per heavy atom. The largest absolute Gasteiger partial charge is 0.350 e. The van der Waals surface area contributed by atoms with Crippen LogP contribution in [-0.2, 0) is 4.79 Å². The maximum atomic E-state index is 11.2. The molecule has 3 amide bonds. The lowest BCUT2D eigenvalue weighted by Gasteiger charge is -2.12. The molecule has 1 rings (SSSR count). The molecule has 0 saturated heterocycles. The zero-order valence-corrected chi connectivity index (χ0v) is 9.75. The van der Waals surface area contributed by atoms with Crippen LogP contribution >= 0.6 is 0 Å². The van der Waals surface area contributed by atoms with Crippen LogP contribution in [-0.4, -0.2) is 27.6 Å². The van der Waals surface area contributed by atoms with Crippen LogP contribution in [0.15, 0.2) is 29.6 Å². The first-order chi connectivity index (χ1) is 8.06. The van der Waals surface area contributed by atoms with Gasteiger partial charge in [-0.15, -0.1) is 5.01 Å². The highest BCUT2D eigenvalue weighted by molar-refractivity contribution is 6.02. The number of aromatic nitrogens is 1. The number of amides is 3. The fourth-order valence-corrected chi connectivity index (χ4v) is 1.27. The number of primary amides is 1. The zero-order chi connectivity index (χ0) is 12.8. The molecule has 1 heterocycles. The summed E-state index contributed by atoms with van der Waals surface area (Å²) < 4.78 is 0. The van der Waals surface area contributed by atoms with E-state index in [1.807, 2.05) is 6.92 Å². The standard InChI is InChI=1S/C11H14N4O2/c1-3-10(9-4-6-13-7-5-9)14-15(8(2)16)11(12)17/h4-7H,3H2,1-2H3,(H2,12,17). The molecule has 0 aromatic carbocycles. The van der Waals surface area contributed by atoms with Crippen LogP contribution < -0.4 is 5.73 Å². The van der Waals surface area contributed by atoms with E-state index in [9.17, 15) is 9.59 Å². The van der Waals surface area contributed by atoms with Gasteiger partial charge in [-0.1, -0.05) is 6.92 Å². The van der Waals surface area contributed by atoms with Crippen LogP contribution in [0.25, 0.3) is 0 Å². The van der Waals surface area contributed by atoms with E-state index in [1.165, 1.54) is 6.92 Å². The van der Waals surface area contributed by atoms with Crippen molar-refractivity contribution in [3.63, 3.8) is 0 Å². The molecular formula is C11H14N4O2. The van der Waals surface area contributed by atoms with Crippen molar-refractivity contribution in [2.24, 2.45) is 10.8 Å². The topological polar surface area (TPSA) is 88.6 Å². The van der Waals surface area contributed by atoms with Crippen LogP contribution in [0, 0.1) is 0 Å². The van der Waals surface area contributed by atoms with Gasteiger partial charge in [-0.3, -0.25) is 9.78 Å². The Morgan fingerprint density at radius 3 is 2.41 bits per heavy atom. The van der Waals surface area contributed by atoms with E-state index >= 15 is 0 Å². The second-order valence-electron chi connectivity index (χ2n) is 3.31. The molecule has 0 fully saturated rings. The molecule has 0 atom stereocenters. The quantitative estimate of drug-likeness (QED) is 0.627. The summed E-state index contributed by atoms with van der Waals surface area (Å²) >= 11 is 0. The minimum Gasteiger partial charge on any atom is -0.350 e. The lowest BCUT2D eigenvalue weighted by molar-refractivity contribution is -0.125. The number of carbonyl (C=O) groups is 2. The number of nitrogens with zero attached hydrogens (tertiary/aromatic N) is 3. The van der Waals surface area contributed by atoms with Crippen LogP contribution in [0.3, 0.4) is 0 Å². The lowest BCUT2D eigenvalue weighted by atomic mass is 10.1. The molecule has 0 unspecified atom stereocenters. The number of hydrogen-bond acceptors (Lipinski definition) is 4. The number of carbonyl (C=O) groups excluding carboxylic acids is 2. The second kappa shape index (κ2) is 5.74. The number of nitrogens with two attached hydrogens (primary N) is 1. The molecule has 0 aliphatic heterocycles. The number of pyridine rings is 1. The second-order valence-corrected chi connectivity index (χ2v) is 3.31. The van der Waals surface area contributed by atoms with Crippen LogP contribution in [0.4, 0.5) is 4.79 Å². The van der Waals surface area contributed by atoms with Crippen LogP contribution in [0.2, 0.25) is 0 Å². The fourth-order valence-electron chi connectivity index (χ4n) is 1.27. The predicted octanol–water partition coefficient (Wildman–Crippen LogP) is 1.12. The number of rotatable bonds is 3. The molecule has 1 aromatic rings. The summed E-state index contributed by atoms with van der Waals surface area (Å²) in [5, 5.41) is 4.61. The van der Waals surface area contributed by atoms with Gasteiger partial charge in [-0.05, 0) is 18.6 Å². The molecule has 0 saturated carbocycles. The van der Waals surface area contributed by atoms with Crippen molar-refractivity contribution in [1.82, 2.24) is 9.99 Å². The minimum absolute atomic E-state index is 0.516. The first-order valence-corrected chi connectivity index (χ1v) is 5.14. The van der Waals surface area contributed by atoms with Gasteiger partial charge in [0.25, 0.3) is 0 Å². The fraction of sp³-hybridized carbons (Fsp3) is 0.273. The predicted molar refractivity (Wildman–Crippen MR) is 63.2 cm³/mol. The molecular weight excluding hydrogens is 220 g/mol. The summed E-state index contributed by atoms with van der Waals surface area (Å²) in [5.41, 5.74) is 6.46. The monoisotopic (exact) mass is 234 g/mol. The maximum absolute atomic E-state index is 11.2. The number of hydrogen-bond donors (Lipinski definition) is 1. The molecule has 2 N–H and O–H groups in total. The molecule has 17 heavy (non-hydrogen) atoms. The summed E-state index contributed by atoms with van der Waals surface area (Å²) in [7, 11) is 0. The van der Waals surface area contributed by atoms with Crippen molar-refractivity contribution >= 4 is 17.6 Å².